The summed E-state index contributed by atoms with van der Waals surface area (Å²) in [6.45, 7) is 8.27. The van der Waals surface area contributed by atoms with Crippen molar-refractivity contribution >= 4 is 5.57 Å². The lowest BCUT2D eigenvalue weighted by Gasteiger charge is -2.01. The Balaban J connectivity index is 0.000000671. The lowest BCUT2D eigenvalue weighted by Crippen LogP contribution is -1.79. The predicted octanol–water partition coefficient (Wildman–Crippen LogP) is 4.53. The second-order valence-electron chi connectivity index (χ2n) is 2.53. The SMILES string of the molecule is C/C=C(\CC)c1ccccc1.CC. The van der Waals surface area contributed by atoms with Crippen molar-refractivity contribution in [1.29, 1.82) is 0 Å². The maximum Gasteiger partial charge on any atom is -0.0228 e. The molecule has 72 valence electrons. The van der Waals surface area contributed by atoms with Gasteiger partial charge in [-0.2, -0.15) is 0 Å². The Hall–Kier alpha value is -1.04. The molecule has 0 radical (unpaired) electrons. The van der Waals surface area contributed by atoms with Crippen LogP contribution in [0.15, 0.2) is 36.4 Å². The van der Waals surface area contributed by atoms with E-state index < -0.39 is 0 Å². The topological polar surface area (TPSA) is 0 Å². The van der Waals surface area contributed by atoms with Crippen LogP contribution in [0.25, 0.3) is 5.57 Å². The Morgan fingerprint density at radius 1 is 1.15 bits per heavy atom. The van der Waals surface area contributed by atoms with Crippen molar-refractivity contribution < 1.29 is 0 Å². The Kier molecular flexibility index (Phi) is 6.99. The van der Waals surface area contributed by atoms with Gasteiger partial charge in [0.15, 0.2) is 0 Å². The molecule has 0 aliphatic heterocycles. The molecule has 1 aromatic rings. The molecule has 0 aromatic heterocycles. The average molecular weight is 176 g/mol. The molecule has 0 heterocycles. The summed E-state index contributed by atoms with van der Waals surface area (Å²) in [5, 5.41) is 0. The van der Waals surface area contributed by atoms with Gasteiger partial charge in [0, 0.05) is 0 Å². The quantitative estimate of drug-likeness (QED) is 0.621. The minimum atomic E-state index is 1.11. The molecule has 0 amide bonds. The molecule has 0 nitrogen and oxygen atoms in total. The first kappa shape index (κ1) is 12.0. The van der Waals surface area contributed by atoms with E-state index >= 15 is 0 Å². The molecule has 1 rings (SSSR count). The molecule has 0 bridgehead atoms. The highest BCUT2D eigenvalue weighted by atomic mass is 14.0. The summed E-state index contributed by atoms with van der Waals surface area (Å²) >= 11 is 0. The highest BCUT2D eigenvalue weighted by molar-refractivity contribution is 5.64. The first-order valence-corrected chi connectivity index (χ1v) is 5.09. The molecule has 13 heavy (non-hydrogen) atoms. The third-order valence-electron chi connectivity index (χ3n) is 1.87. The van der Waals surface area contributed by atoms with Gasteiger partial charge in [0.2, 0.25) is 0 Å². The molecular weight excluding hydrogens is 156 g/mol. The Labute approximate surface area is 82.3 Å². The number of rotatable bonds is 2. The van der Waals surface area contributed by atoms with Gasteiger partial charge in [0.25, 0.3) is 0 Å². The summed E-state index contributed by atoms with van der Waals surface area (Å²) in [6.07, 6.45) is 3.29. The van der Waals surface area contributed by atoms with E-state index in [4.69, 9.17) is 0 Å². The molecule has 0 spiro atoms. The first-order chi connectivity index (χ1) is 6.38. The molecule has 0 unspecified atom stereocenters. The first-order valence-electron chi connectivity index (χ1n) is 5.09. The highest BCUT2D eigenvalue weighted by Gasteiger charge is 1.93. The van der Waals surface area contributed by atoms with E-state index in [1.807, 2.05) is 19.9 Å². The minimum Gasteiger partial charge on any atom is -0.0839 e. The summed E-state index contributed by atoms with van der Waals surface area (Å²) in [7, 11) is 0. The lowest BCUT2D eigenvalue weighted by molar-refractivity contribution is 1.23. The summed E-state index contributed by atoms with van der Waals surface area (Å²) in [5.41, 5.74) is 2.77. The number of hydrogen-bond donors (Lipinski definition) is 0. The molecule has 0 aliphatic carbocycles. The molecule has 0 heteroatoms. The van der Waals surface area contributed by atoms with Crippen LogP contribution in [-0.4, -0.2) is 0 Å². The largest absolute Gasteiger partial charge is 0.0839 e. The zero-order chi connectivity index (χ0) is 10.1. The van der Waals surface area contributed by atoms with Gasteiger partial charge >= 0.3 is 0 Å². The van der Waals surface area contributed by atoms with Gasteiger partial charge in [0.05, 0.1) is 0 Å². The Morgan fingerprint density at radius 2 is 1.69 bits per heavy atom. The van der Waals surface area contributed by atoms with Gasteiger partial charge in [-0.15, -0.1) is 0 Å². The fourth-order valence-electron chi connectivity index (χ4n) is 1.23. The maximum absolute atomic E-state index is 2.18. The molecule has 0 saturated heterocycles. The van der Waals surface area contributed by atoms with Gasteiger partial charge in [-0.05, 0) is 24.5 Å². The molecule has 0 N–H and O–H groups in total. The second kappa shape index (κ2) is 7.60. The van der Waals surface area contributed by atoms with Gasteiger partial charge in [-0.1, -0.05) is 57.2 Å². The van der Waals surface area contributed by atoms with E-state index in [2.05, 4.69) is 44.2 Å². The van der Waals surface area contributed by atoms with E-state index in [-0.39, 0.29) is 0 Å². The van der Waals surface area contributed by atoms with Crippen LogP contribution < -0.4 is 0 Å². The molecule has 1 aromatic carbocycles. The van der Waals surface area contributed by atoms with E-state index in [1.54, 1.807) is 0 Å². The van der Waals surface area contributed by atoms with E-state index in [0.29, 0.717) is 0 Å². The molecule has 0 aliphatic rings. The van der Waals surface area contributed by atoms with E-state index in [1.165, 1.54) is 11.1 Å². The van der Waals surface area contributed by atoms with Crippen LogP contribution in [-0.2, 0) is 0 Å². The summed E-state index contributed by atoms with van der Waals surface area (Å²) < 4.78 is 0. The van der Waals surface area contributed by atoms with Crippen LogP contribution in [0, 0.1) is 0 Å². The van der Waals surface area contributed by atoms with Gasteiger partial charge < -0.3 is 0 Å². The fraction of sp³-hybridized carbons (Fsp3) is 0.385. The summed E-state index contributed by atoms with van der Waals surface area (Å²) in [5.74, 6) is 0. The van der Waals surface area contributed by atoms with Crippen molar-refractivity contribution in [3.05, 3.63) is 42.0 Å². The van der Waals surface area contributed by atoms with Crippen LogP contribution in [0.5, 0.6) is 0 Å². The van der Waals surface area contributed by atoms with Gasteiger partial charge in [-0.3, -0.25) is 0 Å². The normalized spacial score (nSPS) is 10.3. The van der Waals surface area contributed by atoms with Crippen LogP contribution in [0.3, 0.4) is 0 Å². The number of benzene rings is 1. The van der Waals surface area contributed by atoms with Crippen molar-refractivity contribution in [3.8, 4) is 0 Å². The minimum absolute atomic E-state index is 1.11. The second-order valence-corrected chi connectivity index (χ2v) is 2.53. The van der Waals surface area contributed by atoms with Crippen LogP contribution in [0.4, 0.5) is 0 Å². The highest BCUT2D eigenvalue weighted by Crippen LogP contribution is 2.16. The fourth-order valence-corrected chi connectivity index (χ4v) is 1.23. The third-order valence-corrected chi connectivity index (χ3v) is 1.87. The monoisotopic (exact) mass is 176 g/mol. The maximum atomic E-state index is 2.18. The molecule has 0 atom stereocenters. The van der Waals surface area contributed by atoms with Gasteiger partial charge in [0.1, 0.15) is 0 Å². The zero-order valence-electron chi connectivity index (χ0n) is 9.17. The van der Waals surface area contributed by atoms with Crippen molar-refractivity contribution in [2.45, 2.75) is 34.1 Å². The number of allylic oxidation sites excluding steroid dienone is 2. The van der Waals surface area contributed by atoms with E-state index in [9.17, 15) is 0 Å². The van der Waals surface area contributed by atoms with E-state index in [0.717, 1.165) is 6.42 Å². The van der Waals surface area contributed by atoms with Crippen molar-refractivity contribution in [1.82, 2.24) is 0 Å². The molecule has 0 saturated carbocycles. The Morgan fingerprint density at radius 3 is 2.08 bits per heavy atom. The summed E-state index contributed by atoms with van der Waals surface area (Å²) in [6, 6.07) is 10.5. The lowest BCUT2D eigenvalue weighted by atomic mass is 10.0. The van der Waals surface area contributed by atoms with Crippen molar-refractivity contribution in [2.75, 3.05) is 0 Å². The van der Waals surface area contributed by atoms with Crippen molar-refractivity contribution in [2.24, 2.45) is 0 Å². The smallest absolute Gasteiger partial charge is 0.0228 e. The standard InChI is InChI=1S/C11H14.C2H6/c1-3-10(4-2)11-8-6-5-7-9-11;1-2/h3,5-9H,4H2,1-2H3;1-2H3/b10-3+;. The predicted molar refractivity (Wildman–Crippen MR) is 61.7 cm³/mol. The average Bonchev–Trinajstić information content (AvgIpc) is 2.24. The zero-order valence-corrected chi connectivity index (χ0v) is 9.17. The van der Waals surface area contributed by atoms with Crippen LogP contribution >= 0.6 is 0 Å². The van der Waals surface area contributed by atoms with Crippen LogP contribution in [0.1, 0.15) is 39.7 Å². The number of hydrogen-bond acceptors (Lipinski definition) is 0. The summed E-state index contributed by atoms with van der Waals surface area (Å²) in [4.78, 5) is 0. The van der Waals surface area contributed by atoms with Gasteiger partial charge in [-0.25, -0.2) is 0 Å². The third kappa shape index (κ3) is 3.93. The van der Waals surface area contributed by atoms with Crippen LogP contribution in [0.2, 0.25) is 0 Å². The Bertz CT molecular complexity index is 231. The molecular formula is C13H20. The van der Waals surface area contributed by atoms with Crippen molar-refractivity contribution in [3.63, 3.8) is 0 Å². The molecule has 0 fully saturated rings.